The zero-order valence-corrected chi connectivity index (χ0v) is 10.8. The van der Waals surface area contributed by atoms with Gasteiger partial charge in [0, 0.05) is 6.54 Å². The van der Waals surface area contributed by atoms with Crippen molar-refractivity contribution in [1.82, 2.24) is 5.32 Å². The number of benzene rings is 1. The third-order valence-electron chi connectivity index (χ3n) is 2.54. The largest absolute Gasteiger partial charge is 0.454 e. The number of carbonyl (C=O) groups is 1. The van der Waals surface area contributed by atoms with E-state index in [1.807, 2.05) is 30.3 Å². The molecule has 1 N–H and O–H groups in total. The first-order valence-corrected chi connectivity index (χ1v) is 6.16. The highest BCUT2D eigenvalue weighted by atomic mass is 35.5. The van der Waals surface area contributed by atoms with Gasteiger partial charge in [0.25, 0.3) is 5.91 Å². The Balaban J connectivity index is 1.95. The smallest absolute Gasteiger partial charge is 0.287 e. The van der Waals surface area contributed by atoms with Crippen LogP contribution in [0.15, 0.2) is 46.9 Å². The van der Waals surface area contributed by atoms with E-state index in [2.05, 4.69) is 5.32 Å². The molecule has 94 valence electrons. The number of alkyl halides is 1. The summed E-state index contributed by atoms with van der Waals surface area (Å²) in [7, 11) is 0. The van der Waals surface area contributed by atoms with Gasteiger partial charge in [-0.15, -0.1) is 11.6 Å². The van der Waals surface area contributed by atoms with Crippen LogP contribution in [-0.4, -0.2) is 5.91 Å². The summed E-state index contributed by atoms with van der Waals surface area (Å²) >= 11 is 5.87. The summed E-state index contributed by atoms with van der Waals surface area (Å²) in [6.45, 7) is 2.28. The van der Waals surface area contributed by atoms with Crippen LogP contribution in [0.2, 0.25) is 0 Å². The first-order valence-electron chi connectivity index (χ1n) is 5.73. The average Bonchev–Trinajstić information content (AvgIpc) is 2.87. The molecule has 0 saturated heterocycles. The lowest BCUT2D eigenvalue weighted by Crippen LogP contribution is -2.22. The van der Waals surface area contributed by atoms with Crippen molar-refractivity contribution >= 4 is 17.5 Å². The molecule has 0 fully saturated rings. The second kappa shape index (κ2) is 5.74. The maximum Gasteiger partial charge on any atom is 0.287 e. The average molecular weight is 264 g/mol. The molecule has 2 aromatic rings. The number of furan rings is 1. The zero-order valence-electron chi connectivity index (χ0n) is 10.0. The summed E-state index contributed by atoms with van der Waals surface area (Å²) < 4.78 is 5.35. The van der Waals surface area contributed by atoms with Crippen LogP contribution in [0.25, 0.3) is 0 Å². The molecule has 0 radical (unpaired) electrons. The molecule has 1 unspecified atom stereocenters. The Morgan fingerprint density at radius 2 is 2.00 bits per heavy atom. The van der Waals surface area contributed by atoms with E-state index in [-0.39, 0.29) is 17.0 Å². The molecule has 1 heterocycles. The fourth-order valence-corrected chi connectivity index (χ4v) is 1.67. The highest BCUT2D eigenvalue weighted by Gasteiger charge is 2.13. The molecule has 0 spiro atoms. The molecule has 3 nitrogen and oxygen atoms in total. The topological polar surface area (TPSA) is 42.2 Å². The van der Waals surface area contributed by atoms with E-state index < -0.39 is 0 Å². The Hall–Kier alpha value is -1.74. The van der Waals surface area contributed by atoms with Crippen molar-refractivity contribution in [3.8, 4) is 0 Å². The molecule has 0 bridgehead atoms. The molecular weight excluding hydrogens is 250 g/mol. The van der Waals surface area contributed by atoms with Crippen LogP contribution in [0.5, 0.6) is 0 Å². The fourth-order valence-electron chi connectivity index (χ4n) is 1.55. The number of rotatable bonds is 4. The number of hydrogen-bond donors (Lipinski definition) is 1. The summed E-state index contributed by atoms with van der Waals surface area (Å²) in [5.74, 6) is 0.650. The summed E-state index contributed by atoms with van der Waals surface area (Å²) in [5, 5.41) is 2.56. The van der Waals surface area contributed by atoms with E-state index in [9.17, 15) is 4.79 Å². The number of hydrogen-bond acceptors (Lipinski definition) is 2. The van der Waals surface area contributed by atoms with Crippen molar-refractivity contribution in [1.29, 1.82) is 0 Å². The third kappa shape index (κ3) is 3.14. The summed E-state index contributed by atoms with van der Waals surface area (Å²) in [6.07, 6.45) is 0. The van der Waals surface area contributed by atoms with Gasteiger partial charge in [0.2, 0.25) is 0 Å². The van der Waals surface area contributed by atoms with Crippen molar-refractivity contribution in [2.45, 2.75) is 18.8 Å². The van der Waals surface area contributed by atoms with E-state index in [0.717, 1.165) is 5.56 Å². The first-order chi connectivity index (χ1) is 8.66. The minimum absolute atomic E-state index is 0.234. The van der Waals surface area contributed by atoms with Gasteiger partial charge in [-0.3, -0.25) is 4.79 Å². The predicted octanol–water partition coefficient (Wildman–Crippen LogP) is 3.51. The Morgan fingerprint density at radius 3 is 2.61 bits per heavy atom. The Kier molecular flexibility index (Phi) is 4.05. The molecule has 0 aliphatic carbocycles. The Morgan fingerprint density at radius 1 is 1.28 bits per heavy atom. The predicted molar refractivity (Wildman–Crippen MR) is 70.6 cm³/mol. The van der Waals surface area contributed by atoms with Crippen LogP contribution < -0.4 is 5.32 Å². The van der Waals surface area contributed by atoms with Crippen LogP contribution in [0.4, 0.5) is 0 Å². The normalized spacial score (nSPS) is 12.1. The van der Waals surface area contributed by atoms with E-state index in [1.165, 1.54) is 0 Å². The summed E-state index contributed by atoms with van der Waals surface area (Å²) in [5.41, 5.74) is 1.04. The van der Waals surface area contributed by atoms with Crippen LogP contribution in [0, 0.1) is 0 Å². The molecule has 2 rings (SSSR count). The van der Waals surface area contributed by atoms with Crippen LogP contribution in [-0.2, 0) is 6.54 Å². The highest BCUT2D eigenvalue weighted by molar-refractivity contribution is 6.20. The second-order valence-electron chi connectivity index (χ2n) is 3.99. The van der Waals surface area contributed by atoms with E-state index in [4.69, 9.17) is 16.0 Å². The lowest BCUT2D eigenvalue weighted by molar-refractivity contribution is 0.0921. The summed E-state index contributed by atoms with van der Waals surface area (Å²) in [4.78, 5) is 11.8. The third-order valence-corrected chi connectivity index (χ3v) is 2.75. The van der Waals surface area contributed by atoms with Gasteiger partial charge < -0.3 is 9.73 Å². The second-order valence-corrected chi connectivity index (χ2v) is 4.64. The molecular formula is C14H14ClNO2. The fraction of sp³-hybridized carbons (Fsp3) is 0.214. The van der Waals surface area contributed by atoms with Crippen LogP contribution in [0.3, 0.4) is 0 Å². The maximum absolute atomic E-state index is 11.8. The van der Waals surface area contributed by atoms with Crippen molar-refractivity contribution in [3.05, 3.63) is 59.5 Å². The molecule has 0 aliphatic rings. The lowest BCUT2D eigenvalue weighted by Gasteiger charge is -2.03. The maximum atomic E-state index is 11.8. The van der Waals surface area contributed by atoms with Crippen molar-refractivity contribution in [3.63, 3.8) is 0 Å². The van der Waals surface area contributed by atoms with Gasteiger partial charge in [0.1, 0.15) is 5.76 Å². The minimum Gasteiger partial charge on any atom is -0.454 e. The minimum atomic E-state index is -0.235. The number of nitrogens with one attached hydrogen (secondary N) is 1. The first kappa shape index (κ1) is 12.7. The van der Waals surface area contributed by atoms with Gasteiger partial charge in [0.15, 0.2) is 5.76 Å². The van der Waals surface area contributed by atoms with E-state index in [0.29, 0.717) is 12.3 Å². The molecule has 4 heteroatoms. The highest BCUT2D eigenvalue weighted by Crippen LogP contribution is 2.21. The monoisotopic (exact) mass is 263 g/mol. The zero-order chi connectivity index (χ0) is 13.0. The molecule has 0 saturated carbocycles. The number of carbonyl (C=O) groups excluding carboxylic acids is 1. The van der Waals surface area contributed by atoms with E-state index >= 15 is 0 Å². The van der Waals surface area contributed by atoms with Gasteiger partial charge in [-0.25, -0.2) is 0 Å². The number of halogens is 1. The Labute approximate surface area is 111 Å². The molecule has 18 heavy (non-hydrogen) atoms. The van der Waals surface area contributed by atoms with Crippen LogP contribution in [0.1, 0.15) is 34.2 Å². The standard InChI is InChI=1S/C14H14ClNO2/c1-10(15)12-7-8-13(18-12)14(17)16-9-11-5-3-2-4-6-11/h2-8,10H,9H2,1H3,(H,16,17). The number of amides is 1. The molecule has 1 atom stereocenters. The molecule has 1 aromatic carbocycles. The van der Waals surface area contributed by atoms with Gasteiger partial charge in [-0.1, -0.05) is 30.3 Å². The quantitative estimate of drug-likeness (QED) is 0.858. The van der Waals surface area contributed by atoms with Gasteiger partial charge in [-0.2, -0.15) is 0 Å². The Bertz CT molecular complexity index is 520. The molecule has 1 amide bonds. The van der Waals surface area contributed by atoms with Crippen molar-refractivity contribution in [2.75, 3.05) is 0 Å². The summed E-state index contributed by atoms with van der Waals surface area (Å²) in [6, 6.07) is 13.1. The van der Waals surface area contributed by atoms with Crippen molar-refractivity contribution < 1.29 is 9.21 Å². The lowest BCUT2D eigenvalue weighted by atomic mass is 10.2. The van der Waals surface area contributed by atoms with Crippen LogP contribution >= 0.6 is 11.6 Å². The SMILES string of the molecule is CC(Cl)c1ccc(C(=O)NCc2ccccc2)o1. The molecule has 0 aliphatic heterocycles. The van der Waals surface area contributed by atoms with Gasteiger partial charge in [0.05, 0.1) is 5.38 Å². The van der Waals surface area contributed by atoms with Gasteiger partial charge in [-0.05, 0) is 24.6 Å². The van der Waals surface area contributed by atoms with Crippen molar-refractivity contribution in [2.24, 2.45) is 0 Å². The van der Waals surface area contributed by atoms with E-state index in [1.54, 1.807) is 19.1 Å². The molecule has 1 aromatic heterocycles. The van der Waals surface area contributed by atoms with Gasteiger partial charge >= 0.3 is 0 Å².